The number of hydrogen-bond acceptors (Lipinski definition) is 4. The fourth-order valence-electron chi connectivity index (χ4n) is 1.64. The lowest BCUT2D eigenvalue weighted by molar-refractivity contribution is -0.123. The van der Waals surface area contributed by atoms with Crippen molar-refractivity contribution in [1.29, 1.82) is 0 Å². The molecular weight excluding hydrogens is 234 g/mol. The Bertz CT molecular complexity index is 338. The van der Waals surface area contributed by atoms with Gasteiger partial charge in [0.2, 0.25) is 5.91 Å². The van der Waals surface area contributed by atoms with Crippen molar-refractivity contribution in [3.63, 3.8) is 0 Å². The Kier molecular flexibility index (Phi) is 5.58. The van der Waals surface area contributed by atoms with Crippen LogP contribution in [0.25, 0.3) is 0 Å². The maximum Gasteiger partial charge on any atom is 0.237 e. The molecular formula is C12H21N3OS. The van der Waals surface area contributed by atoms with E-state index in [1.807, 2.05) is 12.3 Å². The van der Waals surface area contributed by atoms with Crippen LogP contribution in [0, 0.1) is 5.92 Å². The molecule has 0 saturated carbocycles. The molecule has 5 heteroatoms. The number of rotatable bonds is 6. The van der Waals surface area contributed by atoms with Gasteiger partial charge in [-0.3, -0.25) is 4.79 Å². The molecule has 0 aromatic carbocycles. The Morgan fingerprint density at radius 1 is 1.59 bits per heavy atom. The summed E-state index contributed by atoms with van der Waals surface area (Å²) < 4.78 is 0. The van der Waals surface area contributed by atoms with E-state index in [9.17, 15) is 4.79 Å². The van der Waals surface area contributed by atoms with E-state index in [-0.39, 0.29) is 11.9 Å². The Morgan fingerprint density at radius 3 is 2.76 bits per heavy atom. The topological polar surface area (TPSA) is 68.0 Å². The third-order valence-corrected chi connectivity index (χ3v) is 3.43. The van der Waals surface area contributed by atoms with E-state index in [1.165, 1.54) is 0 Å². The quantitative estimate of drug-likeness (QED) is 0.818. The van der Waals surface area contributed by atoms with Gasteiger partial charge in [-0.25, -0.2) is 4.98 Å². The Balaban J connectivity index is 2.54. The number of nitrogens with one attached hydrogen (secondary N) is 1. The molecule has 0 fully saturated rings. The molecule has 17 heavy (non-hydrogen) atoms. The van der Waals surface area contributed by atoms with Crippen LogP contribution in [0.5, 0.6) is 0 Å². The van der Waals surface area contributed by atoms with Crippen LogP contribution in [0.15, 0.2) is 11.6 Å². The first-order valence-corrected chi connectivity index (χ1v) is 6.87. The molecule has 4 nitrogen and oxygen atoms in total. The summed E-state index contributed by atoms with van der Waals surface area (Å²) >= 11 is 1.56. The Morgan fingerprint density at radius 2 is 2.29 bits per heavy atom. The molecule has 0 saturated heterocycles. The van der Waals surface area contributed by atoms with Gasteiger partial charge in [0.25, 0.3) is 0 Å². The van der Waals surface area contributed by atoms with Crippen LogP contribution in [-0.2, 0) is 4.79 Å². The Hall–Kier alpha value is -0.940. The number of carbonyl (C=O) groups excluding carboxylic acids is 1. The van der Waals surface area contributed by atoms with Crippen molar-refractivity contribution in [3.05, 3.63) is 16.6 Å². The van der Waals surface area contributed by atoms with Gasteiger partial charge in [-0.1, -0.05) is 20.8 Å². The summed E-state index contributed by atoms with van der Waals surface area (Å²) in [6, 6.07) is -0.440. The summed E-state index contributed by atoms with van der Waals surface area (Å²) in [6.45, 7) is 6.15. The minimum Gasteiger partial charge on any atom is -0.346 e. The van der Waals surface area contributed by atoms with Crippen LogP contribution in [0.4, 0.5) is 0 Å². The lowest BCUT2D eigenvalue weighted by Gasteiger charge is -2.19. The highest BCUT2D eigenvalue weighted by Crippen LogP contribution is 2.19. The molecule has 0 radical (unpaired) electrons. The zero-order chi connectivity index (χ0) is 12.8. The second kappa shape index (κ2) is 6.71. The molecule has 0 spiro atoms. The van der Waals surface area contributed by atoms with Crippen LogP contribution in [0.3, 0.4) is 0 Å². The third kappa shape index (κ3) is 4.44. The van der Waals surface area contributed by atoms with Gasteiger partial charge in [-0.05, 0) is 18.8 Å². The molecule has 3 N–H and O–H groups in total. The molecule has 0 aliphatic heterocycles. The monoisotopic (exact) mass is 255 g/mol. The second-order valence-electron chi connectivity index (χ2n) is 4.58. The number of amides is 1. The first-order valence-electron chi connectivity index (χ1n) is 6.00. The van der Waals surface area contributed by atoms with Crippen molar-refractivity contribution in [1.82, 2.24) is 10.3 Å². The van der Waals surface area contributed by atoms with E-state index >= 15 is 0 Å². The summed E-state index contributed by atoms with van der Waals surface area (Å²) in [5.41, 5.74) is 5.85. The van der Waals surface area contributed by atoms with Gasteiger partial charge in [0.15, 0.2) is 0 Å². The molecule has 0 aliphatic rings. The van der Waals surface area contributed by atoms with Crippen LogP contribution >= 0.6 is 11.3 Å². The van der Waals surface area contributed by atoms with Gasteiger partial charge in [-0.15, -0.1) is 11.3 Å². The van der Waals surface area contributed by atoms with Crippen molar-refractivity contribution >= 4 is 17.2 Å². The largest absolute Gasteiger partial charge is 0.346 e. The van der Waals surface area contributed by atoms with Gasteiger partial charge >= 0.3 is 0 Å². The summed E-state index contributed by atoms with van der Waals surface area (Å²) in [4.78, 5) is 16.1. The lowest BCUT2D eigenvalue weighted by atomic mass is 10.0. The number of nitrogens with zero attached hydrogens (tertiary/aromatic N) is 1. The van der Waals surface area contributed by atoms with Gasteiger partial charge in [0.1, 0.15) is 5.01 Å². The van der Waals surface area contributed by atoms with Crippen molar-refractivity contribution in [2.24, 2.45) is 11.7 Å². The van der Waals surface area contributed by atoms with Gasteiger partial charge in [0, 0.05) is 11.6 Å². The lowest BCUT2D eigenvalue weighted by Crippen LogP contribution is -2.42. The molecule has 2 unspecified atom stereocenters. The molecule has 1 aromatic heterocycles. The standard InChI is InChI=1S/C12H21N3OS/c1-4-10(12-14-5-6-17-12)15-11(16)9(13)7-8(2)3/h5-6,8-10H,4,7,13H2,1-3H3,(H,15,16). The number of carbonyl (C=O) groups is 1. The van der Waals surface area contributed by atoms with Crippen molar-refractivity contribution in [2.75, 3.05) is 0 Å². The first kappa shape index (κ1) is 14.1. The van der Waals surface area contributed by atoms with Crippen molar-refractivity contribution in [3.8, 4) is 0 Å². The van der Waals surface area contributed by atoms with Crippen LogP contribution in [0.2, 0.25) is 0 Å². The minimum atomic E-state index is -0.427. The predicted octanol–water partition coefficient (Wildman–Crippen LogP) is 2.08. The fourth-order valence-corrected chi connectivity index (χ4v) is 2.41. The number of nitrogens with two attached hydrogens (primary N) is 1. The Labute approximate surface area is 107 Å². The zero-order valence-corrected chi connectivity index (χ0v) is 11.5. The smallest absolute Gasteiger partial charge is 0.237 e. The molecule has 0 aliphatic carbocycles. The molecule has 1 heterocycles. The molecule has 96 valence electrons. The van der Waals surface area contributed by atoms with Crippen LogP contribution < -0.4 is 11.1 Å². The third-order valence-electron chi connectivity index (χ3n) is 2.54. The van der Waals surface area contributed by atoms with Gasteiger partial charge in [-0.2, -0.15) is 0 Å². The summed E-state index contributed by atoms with van der Waals surface area (Å²) in [5, 5.41) is 5.82. The summed E-state index contributed by atoms with van der Waals surface area (Å²) in [6.07, 6.45) is 3.29. The van der Waals surface area contributed by atoms with Gasteiger partial charge < -0.3 is 11.1 Å². The van der Waals surface area contributed by atoms with Crippen LogP contribution in [0.1, 0.15) is 44.7 Å². The van der Waals surface area contributed by atoms with E-state index in [0.717, 1.165) is 11.4 Å². The highest BCUT2D eigenvalue weighted by Gasteiger charge is 2.20. The maximum atomic E-state index is 11.9. The molecule has 2 atom stereocenters. The fraction of sp³-hybridized carbons (Fsp3) is 0.667. The number of hydrogen-bond donors (Lipinski definition) is 2. The van der Waals surface area contributed by atoms with Gasteiger partial charge in [0.05, 0.1) is 12.1 Å². The van der Waals surface area contributed by atoms with Crippen molar-refractivity contribution < 1.29 is 4.79 Å². The van der Waals surface area contributed by atoms with Crippen molar-refractivity contribution in [2.45, 2.75) is 45.7 Å². The normalized spacial score (nSPS) is 14.6. The molecule has 1 aromatic rings. The predicted molar refractivity (Wildman–Crippen MR) is 70.7 cm³/mol. The van der Waals surface area contributed by atoms with E-state index < -0.39 is 6.04 Å². The SMILES string of the molecule is CCC(NC(=O)C(N)CC(C)C)c1nccs1. The maximum absolute atomic E-state index is 11.9. The van der Waals surface area contributed by atoms with Crippen LogP contribution in [-0.4, -0.2) is 16.9 Å². The highest BCUT2D eigenvalue weighted by molar-refractivity contribution is 7.09. The summed E-state index contributed by atoms with van der Waals surface area (Å²) in [7, 11) is 0. The first-order chi connectivity index (χ1) is 8.04. The van der Waals surface area contributed by atoms with E-state index in [4.69, 9.17) is 5.73 Å². The zero-order valence-electron chi connectivity index (χ0n) is 10.6. The average molecular weight is 255 g/mol. The molecule has 0 bridgehead atoms. The van der Waals surface area contributed by atoms with E-state index in [0.29, 0.717) is 12.3 Å². The second-order valence-corrected chi connectivity index (χ2v) is 5.50. The highest BCUT2D eigenvalue weighted by atomic mass is 32.1. The molecule has 1 rings (SSSR count). The molecule has 1 amide bonds. The van der Waals surface area contributed by atoms with E-state index in [2.05, 4.69) is 24.1 Å². The number of aromatic nitrogens is 1. The number of thiazole rings is 1. The average Bonchev–Trinajstić information content (AvgIpc) is 2.77. The van der Waals surface area contributed by atoms with E-state index in [1.54, 1.807) is 17.5 Å². The minimum absolute atomic E-state index is 0.0132. The summed E-state index contributed by atoms with van der Waals surface area (Å²) in [5.74, 6) is 0.344.